The van der Waals surface area contributed by atoms with Crippen molar-refractivity contribution < 1.29 is 9.59 Å². The van der Waals surface area contributed by atoms with E-state index in [0.29, 0.717) is 6.42 Å². The molecule has 70 valence electrons. The molecule has 2 nitrogen and oxygen atoms in total. The third-order valence-corrected chi connectivity index (χ3v) is 1.30. The molecule has 0 aliphatic heterocycles. The molecular weight excluding hydrogens is 164 g/mol. The van der Waals surface area contributed by atoms with E-state index in [1.807, 2.05) is 30.3 Å². The zero-order valence-corrected chi connectivity index (χ0v) is 7.99. The van der Waals surface area contributed by atoms with E-state index in [0.717, 1.165) is 11.8 Å². The smallest absolute Gasteiger partial charge is 0.134 e. The van der Waals surface area contributed by atoms with E-state index in [1.54, 1.807) is 6.92 Å². The van der Waals surface area contributed by atoms with Crippen LogP contribution in [-0.2, 0) is 16.0 Å². The first-order valence-corrected chi connectivity index (χ1v) is 4.13. The number of carbonyl (C=O) groups is 2. The molecule has 1 aromatic carbocycles. The highest BCUT2D eigenvalue weighted by Crippen LogP contribution is 1.98. The van der Waals surface area contributed by atoms with Crippen molar-refractivity contribution in [3.8, 4) is 0 Å². The van der Waals surface area contributed by atoms with Gasteiger partial charge in [0.1, 0.15) is 12.1 Å². The maximum absolute atomic E-state index is 10.6. The lowest BCUT2D eigenvalue weighted by Gasteiger charge is -1.93. The van der Waals surface area contributed by atoms with E-state index in [9.17, 15) is 4.79 Å². The molecule has 0 bridgehead atoms. The minimum atomic E-state index is 0.214. The van der Waals surface area contributed by atoms with Crippen LogP contribution in [-0.4, -0.2) is 12.1 Å². The van der Waals surface area contributed by atoms with Crippen LogP contribution in [0.3, 0.4) is 0 Å². The SMILES string of the molecule is CC(=O)Cc1ccccc1.CC=O. The van der Waals surface area contributed by atoms with E-state index in [4.69, 9.17) is 4.79 Å². The fraction of sp³-hybridized carbons (Fsp3) is 0.273. The number of carbonyl (C=O) groups excluding carboxylic acids is 2. The Labute approximate surface area is 78.6 Å². The van der Waals surface area contributed by atoms with Gasteiger partial charge in [0.05, 0.1) is 0 Å². The summed E-state index contributed by atoms with van der Waals surface area (Å²) in [5.74, 6) is 0.214. The Morgan fingerprint density at radius 1 is 1.31 bits per heavy atom. The first kappa shape index (κ1) is 11.6. The average Bonchev–Trinajstić information content (AvgIpc) is 2.06. The molecule has 0 N–H and O–H groups in total. The van der Waals surface area contributed by atoms with Crippen LogP contribution >= 0.6 is 0 Å². The van der Waals surface area contributed by atoms with Gasteiger partial charge >= 0.3 is 0 Å². The van der Waals surface area contributed by atoms with Crippen molar-refractivity contribution in [1.82, 2.24) is 0 Å². The first-order valence-electron chi connectivity index (χ1n) is 4.13. The lowest BCUT2D eigenvalue weighted by Crippen LogP contribution is -1.94. The van der Waals surface area contributed by atoms with Crippen LogP contribution < -0.4 is 0 Å². The van der Waals surface area contributed by atoms with E-state index < -0.39 is 0 Å². The minimum Gasteiger partial charge on any atom is -0.304 e. The molecule has 13 heavy (non-hydrogen) atoms. The van der Waals surface area contributed by atoms with Crippen LogP contribution in [0.15, 0.2) is 30.3 Å². The van der Waals surface area contributed by atoms with E-state index in [2.05, 4.69) is 0 Å². The van der Waals surface area contributed by atoms with Gasteiger partial charge in [-0.25, -0.2) is 0 Å². The largest absolute Gasteiger partial charge is 0.304 e. The fourth-order valence-electron chi connectivity index (χ4n) is 0.883. The van der Waals surface area contributed by atoms with E-state index >= 15 is 0 Å². The van der Waals surface area contributed by atoms with Gasteiger partial charge in [-0.3, -0.25) is 4.79 Å². The second kappa shape index (κ2) is 7.22. The predicted molar refractivity (Wildman–Crippen MR) is 52.6 cm³/mol. The molecule has 0 atom stereocenters. The summed E-state index contributed by atoms with van der Waals surface area (Å²) in [6.45, 7) is 3.05. The van der Waals surface area contributed by atoms with Crippen molar-refractivity contribution in [3.63, 3.8) is 0 Å². The molecule has 0 heterocycles. The van der Waals surface area contributed by atoms with Gasteiger partial charge in [-0.05, 0) is 19.4 Å². The molecule has 2 heteroatoms. The molecule has 0 aliphatic carbocycles. The van der Waals surface area contributed by atoms with Gasteiger partial charge in [-0.15, -0.1) is 0 Å². The van der Waals surface area contributed by atoms with Gasteiger partial charge < -0.3 is 4.79 Å². The highest BCUT2D eigenvalue weighted by Gasteiger charge is 1.93. The van der Waals surface area contributed by atoms with Crippen LogP contribution in [0.5, 0.6) is 0 Å². The molecule has 1 aromatic rings. The molecule has 0 amide bonds. The summed E-state index contributed by atoms with van der Waals surface area (Å²) in [5.41, 5.74) is 1.09. The summed E-state index contributed by atoms with van der Waals surface area (Å²) in [6, 6.07) is 9.75. The van der Waals surface area contributed by atoms with Crippen LogP contribution in [0.4, 0.5) is 0 Å². The molecular formula is C11H14O2. The maximum atomic E-state index is 10.6. The number of Topliss-reactive ketones (excluding diaryl/α,β-unsaturated/α-hetero) is 1. The zero-order valence-electron chi connectivity index (χ0n) is 7.99. The van der Waals surface area contributed by atoms with Gasteiger partial charge in [0.25, 0.3) is 0 Å². The molecule has 0 saturated carbocycles. The molecule has 0 spiro atoms. The van der Waals surface area contributed by atoms with Crippen molar-refractivity contribution in [2.45, 2.75) is 20.3 Å². The Bertz CT molecular complexity index is 252. The Hall–Kier alpha value is -1.44. The Morgan fingerprint density at radius 2 is 1.77 bits per heavy atom. The predicted octanol–water partition coefficient (Wildman–Crippen LogP) is 2.02. The minimum absolute atomic E-state index is 0.214. The monoisotopic (exact) mass is 178 g/mol. The highest BCUT2D eigenvalue weighted by atomic mass is 16.1. The number of aldehydes is 1. The first-order chi connectivity index (χ1) is 6.20. The summed E-state index contributed by atoms with van der Waals surface area (Å²) in [7, 11) is 0. The molecule has 0 fully saturated rings. The van der Waals surface area contributed by atoms with Crippen LogP contribution in [0.1, 0.15) is 19.4 Å². The molecule has 0 aromatic heterocycles. The van der Waals surface area contributed by atoms with E-state index in [1.165, 1.54) is 6.92 Å². The summed E-state index contributed by atoms with van der Waals surface area (Å²) in [5, 5.41) is 0. The van der Waals surface area contributed by atoms with Crippen molar-refractivity contribution in [2.24, 2.45) is 0 Å². The summed E-state index contributed by atoms with van der Waals surface area (Å²) in [4.78, 5) is 19.4. The van der Waals surface area contributed by atoms with Gasteiger partial charge in [0, 0.05) is 6.42 Å². The summed E-state index contributed by atoms with van der Waals surface area (Å²) in [6.07, 6.45) is 1.31. The van der Waals surface area contributed by atoms with Crippen molar-refractivity contribution >= 4 is 12.1 Å². The van der Waals surface area contributed by atoms with Crippen LogP contribution in [0.2, 0.25) is 0 Å². The molecule has 1 rings (SSSR count). The van der Waals surface area contributed by atoms with Crippen LogP contribution in [0.25, 0.3) is 0 Å². The summed E-state index contributed by atoms with van der Waals surface area (Å²) >= 11 is 0. The molecule has 0 saturated heterocycles. The normalized spacial score (nSPS) is 8.15. The fourth-order valence-corrected chi connectivity index (χ4v) is 0.883. The number of benzene rings is 1. The van der Waals surface area contributed by atoms with E-state index in [-0.39, 0.29) is 5.78 Å². The summed E-state index contributed by atoms with van der Waals surface area (Å²) < 4.78 is 0. The molecule has 0 aliphatic rings. The Balaban J connectivity index is 0.000000424. The van der Waals surface area contributed by atoms with Gasteiger partial charge in [0.15, 0.2) is 0 Å². The van der Waals surface area contributed by atoms with Crippen molar-refractivity contribution in [2.75, 3.05) is 0 Å². The number of hydrogen-bond donors (Lipinski definition) is 0. The lowest BCUT2D eigenvalue weighted by atomic mass is 10.1. The number of ketones is 1. The quantitative estimate of drug-likeness (QED) is 0.649. The number of rotatable bonds is 2. The molecule has 0 radical (unpaired) electrons. The highest BCUT2D eigenvalue weighted by molar-refractivity contribution is 5.78. The van der Waals surface area contributed by atoms with Gasteiger partial charge in [-0.1, -0.05) is 30.3 Å². The standard InChI is InChI=1S/C9H10O.C2H4O/c1-8(10)7-9-5-3-2-4-6-9;1-2-3/h2-6H,7H2,1H3;2H,1H3. The van der Waals surface area contributed by atoms with Gasteiger partial charge in [0.2, 0.25) is 0 Å². The Kier molecular flexibility index (Phi) is 6.42. The topological polar surface area (TPSA) is 34.1 Å². The second-order valence-electron chi connectivity index (χ2n) is 2.60. The van der Waals surface area contributed by atoms with Gasteiger partial charge in [-0.2, -0.15) is 0 Å². The third-order valence-electron chi connectivity index (χ3n) is 1.30. The maximum Gasteiger partial charge on any atom is 0.134 e. The van der Waals surface area contributed by atoms with Crippen LogP contribution in [0, 0.1) is 0 Å². The lowest BCUT2D eigenvalue weighted by molar-refractivity contribution is -0.116. The third kappa shape index (κ3) is 6.94. The Morgan fingerprint density at radius 3 is 2.15 bits per heavy atom. The second-order valence-corrected chi connectivity index (χ2v) is 2.60. The van der Waals surface area contributed by atoms with Crippen molar-refractivity contribution in [1.29, 1.82) is 0 Å². The zero-order chi connectivity index (χ0) is 10.1. The van der Waals surface area contributed by atoms with Crippen molar-refractivity contribution in [3.05, 3.63) is 35.9 Å². The average molecular weight is 178 g/mol. The number of hydrogen-bond acceptors (Lipinski definition) is 2. The molecule has 0 unspecified atom stereocenters.